The quantitative estimate of drug-likeness (QED) is 0.877. The van der Waals surface area contributed by atoms with Crippen LogP contribution in [0.25, 0.3) is 11.3 Å². The second-order valence-electron chi connectivity index (χ2n) is 4.53. The molecule has 0 saturated heterocycles. The van der Waals surface area contributed by atoms with Gasteiger partial charge in [0, 0.05) is 23.9 Å². The van der Waals surface area contributed by atoms with E-state index in [1.165, 1.54) is 6.07 Å². The third kappa shape index (κ3) is 4.00. The van der Waals surface area contributed by atoms with E-state index in [9.17, 15) is 9.59 Å². The van der Waals surface area contributed by atoms with E-state index in [2.05, 4.69) is 15.5 Å². The van der Waals surface area contributed by atoms with Gasteiger partial charge in [-0.15, -0.1) is 0 Å². The number of nitrogens with one attached hydrogen (secondary N) is 2. The summed E-state index contributed by atoms with van der Waals surface area (Å²) in [6.07, 6.45) is 0. The van der Waals surface area contributed by atoms with Gasteiger partial charge < -0.3 is 10.1 Å². The number of hydrogen-bond donors (Lipinski definition) is 2. The summed E-state index contributed by atoms with van der Waals surface area (Å²) in [6.45, 7) is 4.21. The van der Waals surface area contributed by atoms with E-state index in [-0.39, 0.29) is 18.1 Å². The van der Waals surface area contributed by atoms with Gasteiger partial charge in [0.1, 0.15) is 6.61 Å². The highest BCUT2D eigenvalue weighted by Crippen LogP contribution is 2.21. The van der Waals surface area contributed by atoms with Crippen LogP contribution in [0.3, 0.4) is 0 Å². The summed E-state index contributed by atoms with van der Waals surface area (Å²) in [4.78, 5) is 22.7. The van der Waals surface area contributed by atoms with Crippen LogP contribution in [-0.4, -0.2) is 29.3 Å². The summed E-state index contributed by atoms with van der Waals surface area (Å²) >= 11 is 0. The Balaban J connectivity index is 2.11. The van der Waals surface area contributed by atoms with Gasteiger partial charge in [0.25, 0.3) is 5.56 Å². The van der Waals surface area contributed by atoms with Crippen molar-refractivity contribution in [3.8, 4) is 11.3 Å². The summed E-state index contributed by atoms with van der Waals surface area (Å²) in [5.41, 5.74) is 2.84. The number of carbonyl (C=O) groups excluding carboxylic acids is 1. The van der Waals surface area contributed by atoms with Crippen LogP contribution >= 0.6 is 0 Å². The van der Waals surface area contributed by atoms with Crippen LogP contribution in [-0.2, 0) is 9.53 Å². The molecular formula is C15H17N3O3. The van der Waals surface area contributed by atoms with E-state index in [4.69, 9.17) is 4.74 Å². The van der Waals surface area contributed by atoms with Crippen molar-refractivity contribution in [3.05, 3.63) is 46.2 Å². The monoisotopic (exact) mass is 287 g/mol. The first-order chi connectivity index (χ1) is 10.1. The van der Waals surface area contributed by atoms with Crippen molar-refractivity contribution < 1.29 is 9.53 Å². The number of aryl methyl sites for hydroxylation is 1. The molecule has 6 nitrogen and oxygen atoms in total. The largest absolute Gasteiger partial charge is 0.372 e. The molecule has 1 aromatic heterocycles. The van der Waals surface area contributed by atoms with Gasteiger partial charge in [-0.1, -0.05) is 12.1 Å². The molecule has 0 bridgehead atoms. The number of benzene rings is 1. The summed E-state index contributed by atoms with van der Waals surface area (Å²) in [5.74, 6) is -0.192. The fourth-order valence-corrected chi connectivity index (χ4v) is 1.89. The molecule has 1 aromatic carbocycles. The van der Waals surface area contributed by atoms with Gasteiger partial charge in [0.15, 0.2) is 0 Å². The molecule has 0 radical (unpaired) electrons. The Hall–Kier alpha value is -2.47. The second kappa shape index (κ2) is 6.81. The number of nitrogens with zero attached hydrogens (tertiary/aromatic N) is 1. The molecule has 1 heterocycles. The molecule has 0 aliphatic rings. The summed E-state index contributed by atoms with van der Waals surface area (Å²) in [7, 11) is 0. The molecule has 0 spiro atoms. The summed E-state index contributed by atoms with van der Waals surface area (Å²) in [6, 6.07) is 8.74. The van der Waals surface area contributed by atoms with Crippen molar-refractivity contribution >= 4 is 11.6 Å². The Bertz CT molecular complexity index is 677. The van der Waals surface area contributed by atoms with Crippen molar-refractivity contribution in [1.82, 2.24) is 10.2 Å². The molecule has 0 aliphatic heterocycles. The molecule has 0 fully saturated rings. The van der Waals surface area contributed by atoms with Crippen LogP contribution in [0.1, 0.15) is 12.5 Å². The van der Waals surface area contributed by atoms with Crippen LogP contribution in [0.4, 0.5) is 5.69 Å². The number of carbonyl (C=O) groups is 1. The number of H-pyrrole nitrogens is 1. The Morgan fingerprint density at radius 3 is 2.67 bits per heavy atom. The van der Waals surface area contributed by atoms with Gasteiger partial charge in [-0.2, -0.15) is 5.10 Å². The lowest BCUT2D eigenvalue weighted by molar-refractivity contribution is -0.120. The van der Waals surface area contributed by atoms with Crippen molar-refractivity contribution in [3.63, 3.8) is 0 Å². The lowest BCUT2D eigenvalue weighted by Gasteiger charge is -2.07. The molecule has 0 unspecified atom stereocenters. The molecule has 110 valence electrons. The summed E-state index contributed by atoms with van der Waals surface area (Å²) in [5, 5.41) is 9.19. The molecule has 2 N–H and O–H groups in total. The highest BCUT2D eigenvalue weighted by Gasteiger charge is 2.06. The zero-order valence-electron chi connectivity index (χ0n) is 12.0. The van der Waals surface area contributed by atoms with Crippen LogP contribution in [0, 0.1) is 6.92 Å². The number of rotatable bonds is 5. The standard InChI is InChI=1S/C15H17N3O3/c1-3-21-9-14(20)16-12-6-4-11(5-7-12)15-10(2)8-13(19)17-18-15/h4-8H,3,9H2,1-2H3,(H,16,20)(H,17,19). The highest BCUT2D eigenvalue weighted by molar-refractivity contribution is 5.91. The van der Waals surface area contributed by atoms with Gasteiger partial charge in [0.2, 0.25) is 5.91 Å². The van der Waals surface area contributed by atoms with Crippen molar-refractivity contribution in [1.29, 1.82) is 0 Å². The topological polar surface area (TPSA) is 84.1 Å². The van der Waals surface area contributed by atoms with Crippen molar-refractivity contribution in [2.45, 2.75) is 13.8 Å². The Morgan fingerprint density at radius 2 is 2.05 bits per heavy atom. The zero-order chi connectivity index (χ0) is 15.2. The number of anilines is 1. The average Bonchev–Trinajstić information content (AvgIpc) is 2.46. The molecule has 0 aliphatic carbocycles. The highest BCUT2D eigenvalue weighted by atomic mass is 16.5. The van der Waals surface area contributed by atoms with Crippen molar-refractivity contribution in [2.24, 2.45) is 0 Å². The van der Waals surface area contributed by atoms with E-state index < -0.39 is 0 Å². The van der Waals surface area contributed by atoms with E-state index in [0.717, 1.165) is 11.1 Å². The fourth-order valence-electron chi connectivity index (χ4n) is 1.89. The number of aromatic amines is 1. The Labute approximate surface area is 122 Å². The minimum absolute atomic E-state index is 0.0405. The molecule has 6 heteroatoms. The average molecular weight is 287 g/mol. The van der Waals surface area contributed by atoms with Gasteiger partial charge >= 0.3 is 0 Å². The first-order valence-electron chi connectivity index (χ1n) is 6.64. The predicted octanol–water partition coefficient (Wildman–Crippen LogP) is 1.72. The molecule has 0 atom stereocenters. The SMILES string of the molecule is CCOCC(=O)Nc1ccc(-c2n[nH]c(=O)cc2C)cc1. The Kier molecular flexibility index (Phi) is 4.84. The minimum Gasteiger partial charge on any atom is -0.372 e. The van der Waals surface area contributed by atoms with Gasteiger partial charge in [-0.05, 0) is 31.5 Å². The van der Waals surface area contributed by atoms with Crippen molar-refractivity contribution in [2.75, 3.05) is 18.5 Å². The smallest absolute Gasteiger partial charge is 0.264 e. The molecule has 1 amide bonds. The normalized spacial score (nSPS) is 10.4. The van der Waals surface area contributed by atoms with Gasteiger partial charge in [0.05, 0.1) is 5.69 Å². The maximum Gasteiger partial charge on any atom is 0.264 e. The second-order valence-corrected chi connectivity index (χ2v) is 4.53. The first-order valence-corrected chi connectivity index (χ1v) is 6.64. The fraction of sp³-hybridized carbons (Fsp3) is 0.267. The van der Waals surface area contributed by atoms with E-state index >= 15 is 0 Å². The predicted molar refractivity (Wildman–Crippen MR) is 80.2 cm³/mol. The van der Waals surface area contributed by atoms with Crippen LogP contribution in [0.5, 0.6) is 0 Å². The molecule has 21 heavy (non-hydrogen) atoms. The maximum atomic E-state index is 11.5. The number of hydrogen-bond acceptors (Lipinski definition) is 4. The molecule has 0 saturated carbocycles. The summed E-state index contributed by atoms with van der Waals surface area (Å²) < 4.78 is 5.03. The molecule has 2 aromatic rings. The van der Waals surface area contributed by atoms with E-state index in [0.29, 0.717) is 18.0 Å². The van der Waals surface area contributed by atoms with E-state index in [1.54, 1.807) is 12.1 Å². The Morgan fingerprint density at radius 1 is 1.33 bits per heavy atom. The number of aromatic nitrogens is 2. The lowest BCUT2D eigenvalue weighted by atomic mass is 10.1. The third-order valence-electron chi connectivity index (χ3n) is 2.88. The van der Waals surface area contributed by atoms with E-state index in [1.807, 2.05) is 26.0 Å². The van der Waals surface area contributed by atoms with Gasteiger partial charge in [-0.3, -0.25) is 9.59 Å². The minimum atomic E-state index is -0.226. The lowest BCUT2D eigenvalue weighted by Crippen LogP contribution is -2.18. The van der Waals surface area contributed by atoms with Crippen LogP contribution in [0.2, 0.25) is 0 Å². The van der Waals surface area contributed by atoms with Gasteiger partial charge in [-0.25, -0.2) is 5.10 Å². The zero-order valence-corrected chi connectivity index (χ0v) is 12.0. The van der Waals surface area contributed by atoms with Crippen LogP contribution < -0.4 is 10.9 Å². The molecule has 2 rings (SSSR count). The third-order valence-corrected chi connectivity index (χ3v) is 2.88. The number of amides is 1. The first kappa shape index (κ1) is 14.9. The maximum absolute atomic E-state index is 11.5. The molecular weight excluding hydrogens is 270 g/mol. The van der Waals surface area contributed by atoms with Crippen LogP contribution in [0.15, 0.2) is 35.1 Å². The number of ether oxygens (including phenoxy) is 1.